The number of para-hydroxylation sites is 2. The predicted octanol–water partition coefficient (Wildman–Crippen LogP) is 3.01. The van der Waals surface area contributed by atoms with Crippen LogP contribution in [0.3, 0.4) is 0 Å². The van der Waals surface area contributed by atoms with Gasteiger partial charge in [-0.2, -0.15) is 0 Å². The highest BCUT2D eigenvalue weighted by molar-refractivity contribution is 5.35. The Hall–Kier alpha value is -2.04. The molecule has 4 nitrogen and oxygen atoms in total. The molecular weight excluding hydrogens is 278 g/mol. The average Bonchev–Trinajstić information content (AvgIpc) is 2.57. The van der Waals surface area contributed by atoms with Gasteiger partial charge in [0.2, 0.25) is 0 Å². The molecule has 2 aromatic rings. The van der Waals surface area contributed by atoms with E-state index < -0.39 is 0 Å². The van der Waals surface area contributed by atoms with Gasteiger partial charge in [-0.25, -0.2) is 0 Å². The number of hydrogen-bond acceptors (Lipinski definition) is 4. The lowest BCUT2D eigenvalue weighted by Crippen LogP contribution is -2.15. The van der Waals surface area contributed by atoms with Gasteiger partial charge in [0, 0.05) is 31.3 Å². The van der Waals surface area contributed by atoms with Gasteiger partial charge in [0.05, 0.1) is 13.7 Å². The van der Waals surface area contributed by atoms with E-state index in [0.717, 1.165) is 35.7 Å². The fourth-order valence-corrected chi connectivity index (χ4v) is 2.21. The van der Waals surface area contributed by atoms with Gasteiger partial charge >= 0.3 is 0 Å². The van der Waals surface area contributed by atoms with Crippen molar-refractivity contribution in [1.29, 1.82) is 0 Å². The Bertz CT molecular complexity index is 572. The summed E-state index contributed by atoms with van der Waals surface area (Å²) < 4.78 is 16.1. The number of rotatable bonds is 9. The number of benzene rings is 2. The van der Waals surface area contributed by atoms with Gasteiger partial charge in [-0.3, -0.25) is 0 Å². The van der Waals surface area contributed by atoms with E-state index in [2.05, 4.69) is 17.4 Å². The molecule has 0 saturated heterocycles. The van der Waals surface area contributed by atoms with E-state index in [9.17, 15) is 0 Å². The van der Waals surface area contributed by atoms with Crippen molar-refractivity contribution in [2.75, 3.05) is 27.4 Å². The van der Waals surface area contributed by atoms with Crippen LogP contribution in [-0.2, 0) is 17.8 Å². The zero-order valence-electron chi connectivity index (χ0n) is 13.2. The van der Waals surface area contributed by atoms with Crippen LogP contribution >= 0.6 is 0 Å². The molecule has 4 heteroatoms. The van der Waals surface area contributed by atoms with Gasteiger partial charge in [-0.1, -0.05) is 36.4 Å². The van der Waals surface area contributed by atoms with E-state index in [-0.39, 0.29) is 0 Å². The topological polar surface area (TPSA) is 39.7 Å². The van der Waals surface area contributed by atoms with Crippen molar-refractivity contribution in [3.63, 3.8) is 0 Å². The van der Waals surface area contributed by atoms with Gasteiger partial charge < -0.3 is 19.5 Å². The smallest absolute Gasteiger partial charge is 0.123 e. The molecule has 2 aromatic carbocycles. The Kier molecular flexibility index (Phi) is 6.74. The summed E-state index contributed by atoms with van der Waals surface area (Å²) in [6, 6.07) is 16.1. The summed E-state index contributed by atoms with van der Waals surface area (Å²) in [5.41, 5.74) is 2.27. The summed E-state index contributed by atoms with van der Waals surface area (Å²) in [6.07, 6.45) is 0. The molecular formula is C18H23NO3. The third-order valence-electron chi connectivity index (χ3n) is 3.34. The Morgan fingerprint density at radius 3 is 2.00 bits per heavy atom. The van der Waals surface area contributed by atoms with Crippen molar-refractivity contribution in [3.05, 3.63) is 59.7 Å². The lowest BCUT2D eigenvalue weighted by Gasteiger charge is -2.13. The third kappa shape index (κ3) is 4.76. The molecule has 0 aliphatic heterocycles. The van der Waals surface area contributed by atoms with Crippen LogP contribution in [0.4, 0.5) is 0 Å². The highest BCUT2D eigenvalue weighted by Gasteiger charge is 2.04. The summed E-state index contributed by atoms with van der Waals surface area (Å²) in [5, 5.41) is 3.43. The molecule has 1 N–H and O–H groups in total. The van der Waals surface area contributed by atoms with Crippen molar-refractivity contribution in [2.45, 2.75) is 13.1 Å². The molecule has 0 unspecified atom stereocenters. The minimum absolute atomic E-state index is 0.556. The summed E-state index contributed by atoms with van der Waals surface area (Å²) >= 11 is 0. The first-order valence-corrected chi connectivity index (χ1v) is 7.37. The van der Waals surface area contributed by atoms with E-state index in [1.807, 2.05) is 36.4 Å². The Morgan fingerprint density at radius 1 is 0.773 bits per heavy atom. The Morgan fingerprint density at radius 2 is 1.36 bits per heavy atom. The lowest BCUT2D eigenvalue weighted by atomic mass is 10.1. The molecule has 0 radical (unpaired) electrons. The average molecular weight is 301 g/mol. The fourth-order valence-electron chi connectivity index (χ4n) is 2.21. The molecule has 0 aliphatic carbocycles. The zero-order chi connectivity index (χ0) is 15.6. The maximum absolute atomic E-state index is 5.74. The van der Waals surface area contributed by atoms with Crippen LogP contribution in [0, 0.1) is 0 Å². The van der Waals surface area contributed by atoms with E-state index in [1.54, 1.807) is 14.2 Å². The zero-order valence-corrected chi connectivity index (χ0v) is 13.2. The van der Waals surface area contributed by atoms with E-state index in [4.69, 9.17) is 14.2 Å². The quantitative estimate of drug-likeness (QED) is 0.723. The molecule has 0 saturated carbocycles. The highest BCUT2D eigenvalue weighted by atomic mass is 16.5. The van der Waals surface area contributed by atoms with Gasteiger partial charge in [-0.05, 0) is 12.1 Å². The molecule has 0 atom stereocenters. The summed E-state index contributed by atoms with van der Waals surface area (Å²) in [5.74, 6) is 1.80. The van der Waals surface area contributed by atoms with Crippen LogP contribution < -0.4 is 14.8 Å². The third-order valence-corrected chi connectivity index (χ3v) is 3.34. The SMILES string of the molecule is COCCOc1ccccc1CNCc1ccccc1OC. The molecule has 0 fully saturated rings. The molecule has 0 amide bonds. The maximum Gasteiger partial charge on any atom is 0.123 e. The Labute approximate surface area is 132 Å². The largest absolute Gasteiger partial charge is 0.496 e. The van der Waals surface area contributed by atoms with Gasteiger partial charge in [0.15, 0.2) is 0 Å². The maximum atomic E-state index is 5.74. The fraction of sp³-hybridized carbons (Fsp3) is 0.333. The van der Waals surface area contributed by atoms with Crippen molar-refractivity contribution in [1.82, 2.24) is 5.32 Å². The monoisotopic (exact) mass is 301 g/mol. The van der Waals surface area contributed by atoms with E-state index >= 15 is 0 Å². The molecule has 0 aromatic heterocycles. The number of hydrogen-bond donors (Lipinski definition) is 1. The first-order valence-electron chi connectivity index (χ1n) is 7.37. The number of ether oxygens (including phenoxy) is 3. The Balaban J connectivity index is 1.91. The summed E-state index contributed by atoms with van der Waals surface area (Å²) in [7, 11) is 3.36. The van der Waals surface area contributed by atoms with Crippen LogP contribution in [0.1, 0.15) is 11.1 Å². The van der Waals surface area contributed by atoms with Crippen molar-refractivity contribution in [2.24, 2.45) is 0 Å². The second kappa shape index (κ2) is 9.07. The second-order valence-corrected chi connectivity index (χ2v) is 4.86. The first kappa shape index (κ1) is 16.3. The summed E-state index contributed by atoms with van der Waals surface area (Å²) in [4.78, 5) is 0. The van der Waals surface area contributed by atoms with Crippen molar-refractivity contribution in [3.8, 4) is 11.5 Å². The summed E-state index contributed by atoms with van der Waals surface area (Å²) in [6.45, 7) is 2.63. The van der Waals surface area contributed by atoms with E-state index in [1.165, 1.54) is 0 Å². The van der Waals surface area contributed by atoms with Gasteiger partial charge in [0.25, 0.3) is 0 Å². The van der Waals surface area contributed by atoms with Crippen LogP contribution in [0.5, 0.6) is 11.5 Å². The molecule has 0 spiro atoms. The minimum atomic E-state index is 0.556. The number of methoxy groups -OCH3 is 2. The molecule has 2 rings (SSSR count). The van der Waals surface area contributed by atoms with Crippen molar-refractivity contribution < 1.29 is 14.2 Å². The lowest BCUT2D eigenvalue weighted by molar-refractivity contribution is 0.145. The van der Waals surface area contributed by atoms with Crippen LogP contribution in [0.2, 0.25) is 0 Å². The van der Waals surface area contributed by atoms with Crippen LogP contribution in [-0.4, -0.2) is 27.4 Å². The highest BCUT2D eigenvalue weighted by Crippen LogP contribution is 2.19. The van der Waals surface area contributed by atoms with Crippen molar-refractivity contribution >= 4 is 0 Å². The van der Waals surface area contributed by atoms with Crippen LogP contribution in [0.25, 0.3) is 0 Å². The molecule has 0 bridgehead atoms. The van der Waals surface area contributed by atoms with Gasteiger partial charge in [0.1, 0.15) is 18.1 Å². The molecule has 22 heavy (non-hydrogen) atoms. The first-order chi connectivity index (χ1) is 10.8. The molecule has 0 heterocycles. The normalized spacial score (nSPS) is 10.5. The second-order valence-electron chi connectivity index (χ2n) is 4.86. The number of nitrogens with one attached hydrogen (secondary N) is 1. The molecule has 118 valence electrons. The van der Waals surface area contributed by atoms with Crippen LogP contribution in [0.15, 0.2) is 48.5 Å². The van der Waals surface area contributed by atoms with Gasteiger partial charge in [-0.15, -0.1) is 0 Å². The minimum Gasteiger partial charge on any atom is -0.496 e. The van der Waals surface area contributed by atoms with E-state index in [0.29, 0.717) is 13.2 Å². The standard InChI is InChI=1S/C18H23NO3/c1-20-11-12-22-18-10-6-4-8-16(18)14-19-13-15-7-3-5-9-17(15)21-2/h3-10,19H,11-14H2,1-2H3. The predicted molar refractivity (Wildman–Crippen MR) is 87.4 cm³/mol. The molecule has 0 aliphatic rings.